The predicted molar refractivity (Wildman–Crippen MR) is 106 cm³/mol. The van der Waals surface area contributed by atoms with Crippen molar-refractivity contribution in [1.29, 1.82) is 0 Å². The van der Waals surface area contributed by atoms with Crippen LogP contribution >= 0.6 is 0 Å². The van der Waals surface area contributed by atoms with Gasteiger partial charge in [0.05, 0.1) is 12.1 Å². The zero-order valence-corrected chi connectivity index (χ0v) is 16.1. The molecule has 1 saturated heterocycles. The van der Waals surface area contributed by atoms with Crippen LogP contribution in [0.25, 0.3) is 0 Å². The Hall–Kier alpha value is -2.61. The summed E-state index contributed by atoms with van der Waals surface area (Å²) < 4.78 is 44.9. The van der Waals surface area contributed by atoms with Gasteiger partial charge >= 0.3 is 6.18 Å². The normalized spacial score (nSPS) is 17.1. The Morgan fingerprint density at radius 1 is 1.17 bits per heavy atom. The average molecular weight is 406 g/mol. The predicted octanol–water partition coefficient (Wildman–Crippen LogP) is 3.30. The Balaban J connectivity index is 1.69. The topological polar surface area (TPSA) is 72.5 Å². The zero-order chi connectivity index (χ0) is 20.7. The van der Waals surface area contributed by atoms with Crippen molar-refractivity contribution in [3.63, 3.8) is 0 Å². The summed E-state index contributed by atoms with van der Waals surface area (Å²) in [5.41, 5.74) is 6.40. The first kappa shape index (κ1) is 21.1. The summed E-state index contributed by atoms with van der Waals surface area (Å²) in [5.74, 6) is 0.277. The maximum atomic E-state index is 13.2. The standard InChI is InChI=1S/C21H25F3N4O/c22-21(23,24)17-5-3-4-16(14-17)20(8-12-29-13-9-20)15-28-19(25)27-11-7-18-6-1-2-10-26-18/h1-6,10,14H,7-9,11-13,15H2,(H3,25,27,28). The second kappa shape index (κ2) is 9.26. The SMILES string of the molecule is NC(=NCC1(c2cccc(C(F)(F)F)c2)CCOCC1)NCCc1ccccn1. The van der Waals surface area contributed by atoms with Gasteiger partial charge in [-0.1, -0.05) is 24.3 Å². The fourth-order valence-corrected chi connectivity index (χ4v) is 3.48. The molecule has 1 aliphatic heterocycles. The molecule has 8 heteroatoms. The Morgan fingerprint density at radius 2 is 1.97 bits per heavy atom. The van der Waals surface area contributed by atoms with Crippen LogP contribution in [0, 0.1) is 0 Å². The number of pyridine rings is 1. The lowest BCUT2D eigenvalue weighted by Crippen LogP contribution is -2.39. The summed E-state index contributed by atoms with van der Waals surface area (Å²) in [7, 11) is 0. The molecule has 0 radical (unpaired) electrons. The third-order valence-electron chi connectivity index (χ3n) is 5.22. The molecule has 3 rings (SSSR count). The quantitative estimate of drug-likeness (QED) is 0.570. The molecule has 0 bridgehead atoms. The molecule has 1 aromatic heterocycles. The molecule has 1 fully saturated rings. The van der Waals surface area contributed by atoms with Gasteiger partial charge in [0, 0.05) is 43.5 Å². The van der Waals surface area contributed by atoms with Crippen LogP contribution in [0.5, 0.6) is 0 Å². The fraction of sp³-hybridized carbons (Fsp3) is 0.429. The number of aliphatic imine (C=N–C) groups is 1. The lowest BCUT2D eigenvalue weighted by Gasteiger charge is -2.37. The minimum absolute atomic E-state index is 0.277. The smallest absolute Gasteiger partial charge is 0.381 e. The molecule has 5 nitrogen and oxygen atoms in total. The minimum atomic E-state index is -4.38. The number of nitrogens with two attached hydrogens (primary N) is 1. The van der Waals surface area contributed by atoms with E-state index in [-0.39, 0.29) is 5.96 Å². The number of nitrogens with one attached hydrogen (secondary N) is 1. The first-order chi connectivity index (χ1) is 13.9. The van der Waals surface area contributed by atoms with Gasteiger partial charge in [-0.3, -0.25) is 9.98 Å². The molecule has 29 heavy (non-hydrogen) atoms. The average Bonchev–Trinajstić information content (AvgIpc) is 2.73. The van der Waals surface area contributed by atoms with Crippen molar-refractivity contribution >= 4 is 5.96 Å². The lowest BCUT2D eigenvalue weighted by atomic mass is 9.74. The number of hydrogen-bond donors (Lipinski definition) is 2. The van der Waals surface area contributed by atoms with Gasteiger partial charge in [-0.25, -0.2) is 0 Å². The Labute approximate surface area is 168 Å². The molecule has 0 spiro atoms. The lowest BCUT2D eigenvalue weighted by molar-refractivity contribution is -0.137. The molecule has 0 amide bonds. The van der Waals surface area contributed by atoms with Gasteiger partial charge in [-0.05, 0) is 36.6 Å². The van der Waals surface area contributed by atoms with Gasteiger partial charge in [0.2, 0.25) is 0 Å². The number of halogens is 3. The second-order valence-electron chi connectivity index (χ2n) is 7.17. The summed E-state index contributed by atoms with van der Waals surface area (Å²) in [6.07, 6.45) is -0.754. The largest absolute Gasteiger partial charge is 0.416 e. The fourth-order valence-electron chi connectivity index (χ4n) is 3.48. The van der Waals surface area contributed by atoms with Crippen molar-refractivity contribution in [2.45, 2.75) is 30.9 Å². The molecular formula is C21H25F3N4O. The van der Waals surface area contributed by atoms with Crippen molar-refractivity contribution in [2.75, 3.05) is 26.3 Å². The molecule has 2 aromatic rings. The van der Waals surface area contributed by atoms with E-state index < -0.39 is 17.2 Å². The van der Waals surface area contributed by atoms with Crippen LogP contribution < -0.4 is 11.1 Å². The van der Waals surface area contributed by atoms with E-state index in [1.54, 1.807) is 12.3 Å². The molecule has 1 aliphatic rings. The number of aromatic nitrogens is 1. The van der Waals surface area contributed by atoms with Crippen LogP contribution in [0.1, 0.15) is 29.7 Å². The molecular weight excluding hydrogens is 381 g/mol. The maximum absolute atomic E-state index is 13.2. The van der Waals surface area contributed by atoms with Crippen molar-refractivity contribution in [3.8, 4) is 0 Å². The molecule has 1 aromatic carbocycles. The van der Waals surface area contributed by atoms with Crippen LogP contribution in [0.2, 0.25) is 0 Å². The number of rotatable bonds is 6. The Bertz CT molecular complexity index is 818. The van der Waals surface area contributed by atoms with Crippen LogP contribution in [0.15, 0.2) is 53.7 Å². The Kier molecular flexibility index (Phi) is 6.74. The van der Waals surface area contributed by atoms with Crippen LogP contribution in [-0.2, 0) is 22.7 Å². The molecule has 3 N–H and O–H groups in total. The van der Waals surface area contributed by atoms with E-state index in [1.165, 1.54) is 12.1 Å². The van der Waals surface area contributed by atoms with E-state index in [2.05, 4.69) is 15.3 Å². The van der Waals surface area contributed by atoms with Gasteiger partial charge in [0.1, 0.15) is 0 Å². The van der Waals surface area contributed by atoms with Crippen molar-refractivity contribution in [2.24, 2.45) is 10.7 Å². The van der Waals surface area contributed by atoms with Gasteiger partial charge < -0.3 is 15.8 Å². The third kappa shape index (κ3) is 5.69. The first-order valence-corrected chi connectivity index (χ1v) is 9.58. The number of ether oxygens (including phenoxy) is 1. The van der Waals surface area contributed by atoms with Gasteiger partial charge in [-0.15, -0.1) is 0 Å². The van der Waals surface area contributed by atoms with Crippen molar-refractivity contribution in [3.05, 3.63) is 65.5 Å². The van der Waals surface area contributed by atoms with Gasteiger partial charge in [0.25, 0.3) is 0 Å². The highest BCUT2D eigenvalue weighted by molar-refractivity contribution is 5.77. The van der Waals surface area contributed by atoms with Crippen molar-refractivity contribution in [1.82, 2.24) is 10.3 Å². The molecule has 0 unspecified atom stereocenters. The van der Waals surface area contributed by atoms with Crippen LogP contribution in [0.4, 0.5) is 13.2 Å². The molecule has 0 atom stereocenters. The van der Waals surface area contributed by atoms with Crippen LogP contribution in [-0.4, -0.2) is 37.2 Å². The summed E-state index contributed by atoms with van der Waals surface area (Å²) in [6, 6.07) is 11.2. The summed E-state index contributed by atoms with van der Waals surface area (Å²) in [5, 5.41) is 3.05. The molecule has 156 valence electrons. The summed E-state index contributed by atoms with van der Waals surface area (Å²) >= 11 is 0. The van der Waals surface area contributed by atoms with Gasteiger partial charge in [-0.2, -0.15) is 13.2 Å². The number of guanidine groups is 1. The van der Waals surface area contributed by atoms with E-state index in [1.807, 2.05) is 18.2 Å². The molecule has 0 aliphatic carbocycles. The molecule has 2 heterocycles. The first-order valence-electron chi connectivity index (χ1n) is 9.58. The van der Waals surface area contributed by atoms with Crippen LogP contribution in [0.3, 0.4) is 0 Å². The highest BCUT2D eigenvalue weighted by atomic mass is 19.4. The van der Waals surface area contributed by atoms with Gasteiger partial charge in [0.15, 0.2) is 5.96 Å². The molecule has 0 saturated carbocycles. The summed E-state index contributed by atoms with van der Waals surface area (Å²) in [4.78, 5) is 8.69. The Morgan fingerprint density at radius 3 is 2.66 bits per heavy atom. The summed E-state index contributed by atoms with van der Waals surface area (Å²) in [6.45, 7) is 1.85. The minimum Gasteiger partial charge on any atom is -0.381 e. The number of benzene rings is 1. The second-order valence-corrected chi connectivity index (χ2v) is 7.17. The van der Waals surface area contributed by atoms with E-state index in [9.17, 15) is 13.2 Å². The van der Waals surface area contributed by atoms with E-state index in [0.29, 0.717) is 51.1 Å². The maximum Gasteiger partial charge on any atom is 0.416 e. The van der Waals surface area contributed by atoms with E-state index in [0.717, 1.165) is 11.8 Å². The number of nitrogens with zero attached hydrogens (tertiary/aromatic N) is 2. The third-order valence-corrected chi connectivity index (χ3v) is 5.22. The number of alkyl halides is 3. The van der Waals surface area contributed by atoms with E-state index in [4.69, 9.17) is 10.5 Å². The zero-order valence-electron chi connectivity index (χ0n) is 16.1. The van der Waals surface area contributed by atoms with E-state index >= 15 is 0 Å². The van der Waals surface area contributed by atoms with Crippen molar-refractivity contribution < 1.29 is 17.9 Å². The number of hydrogen-bond acceptors (Lipinski definition) is 3. The highest BCUT2D eigenvalue weighted by Gasteiger charge is 2.37. The highest BCUT2D eigenvalue weighted by Crippen LogP contribution is 2.38. The monoisotopic (exact) mass is 406 g/mol.